The molecular formula is C20H24F3N3O2. The number of alkyl halides is 3. The standard InChI is InChI=1S/C20H24F3N3O2/c1-28-13-7-8-16-15(11-13)14-9-10-26(18(17(14)25-16)20(21,22)23)19(27)24-12-5-3-2-4-6-12/h7-8,11-12,18,25H,2-6,9-10H2,1H3,(H,24,27). The van der Waals surface area contributed by atoms with Crippen LogP contribution in [0.15, 0.2) is 18.2 Å². The van der Waals surface area contributed by atoms with Gasteiger partial charge in [0.05, 0.1) is 12.8 Å². The van der Waals surface area contributed by atoms with Crippen LogP contribution in [0.1, 0.15) is 49.4 Å². The van der Waals surface area contributed by atoms with Crippen LogP contribution in [0.2, 0.25) is 0 Å². The highest BCUT2D eigenvalue weighted by atomic mass is 19.4. The zero-order valence-corrected chi connectivity index (χ0v) is 15.7. The normalized spacial score (nSPS) is 20.9. The van der Waals surface area contributed by atoms with Gasteiger partial charge >= 0.3 is 12.2 Å². The first-order valence-electron chi connectivity index (χ1n) is 9.71. The van der Waals surface area contributed by atoms with E-state index in [1.807, 2.05) is 0 Å². The zero-order chi connectivity index (χ0) is 19.9. The van der Waals surface area contributed by atoms with Crippen molar-refractivity contribution in [2.75, 3.05) is 13.7 Å². The first-order chi connectivity index (χ1) is 13.4. The molecule has 1 atom stereocenters. The second kappa shape index (κ2) is 7.22. The number of hydrogen-bond donors (Lipinski definition) is 2. The molecule has 1 aliphatic heterocycles. The summed E-state index contributed by atoms with van der Waals surface area (Å²) in [6, 6.07) is 2.53. The summed E-state index contributed by atoms with van der Waals surface area (Å²) in [7, 11) is 1.52. The van der Waals surface area contributed by atoms with E-state index in [0.717, 1.165) is 42.4 Å². The number of methoxy groups -OCH3 is 1. The molecule has 2 amide bonds. The van der Waals surface area contributed by atoms with Gasteiger partial charge in [0, 0.05) is 23.5 Å². The van der Waals surface area contributed by atoms with E-state index in [9.17, 15) is 18.0 Å². The molecule has 0 bridgehead atoms. The number of nitrogens with zero attached hydrogens (tertiary/aromatic N) is 1. The zero-order valence-electron chi connectivity index (χ0n) is 15.7. The van der Waals surface area contributed by atoms with E-state index in [2.05, 4.69) is 10.3 Å². The first kappa shape index (κ1) is 19.0. The summed E-state index contributed by atoms with van der Waals surface area (Å²) >= 11 is 0. The van der Waals surface area contributed by atoms with Crippen LogP contribution in [0, 0.1) is 0 Å². The van der Waals surface area contributed by atoms with Gasteiger partial charge in [-0.2, -0.15) is 13.2 Å². The minimum Gasteiger partial charge on any atom is -0.497 e. The Balaban J connectivity index is 1.68. The average molecular weight is 395 g/mol. The Kier molecular flexibility index (Phi) is 4.89. The number of aromatic nitrogens is 1. The predicted octanol–water partition coefficient (Wildman–Crippen LogP) is 4.68. The number of rotatable bonds is 2. The molecule has 5 nitrogen and oxygen atoms in total. The molecule has 1 aromatic carbocycles. The predicted molar refractivity (Wildman–Crippen MR) is 99.5 cm³/mol. The van der Waals surface area contributed by atoms with Gasteiger partial charge in [-0.25, -0.2) is 4.79 Å². The maximum atomic E-state index is 14.0. The molecule has 1 unspecified atom stereocenters. The van der Waals surface area contributed by atoms with Crippen molar-refractivity contribution in [2.45, 2.75) is 56.8 Å². The van der Waals surface area contributed by atoms with E-state index >= 15 is 0 Å². The fraction of sp³-hybridized carbons (Fsp3) is 0.550. The Bertz CT molecular complexity index is 871. The number of urea groups is 1. The van der Waals surface area contributed by atoms with Crippen molar-refractivity contribution >= 4 is 16.9 Å². The van der Waals surface area contributed by atoms with E-state index in [-0.39, 0.29) is 18.3 Å². The maximum absolute atomic E-state index is 14.0. The van der Waals surface area contributed by atoms with Gasteiger partial charge in [0.2, 0.25) is 0 Å². The molecule has 28 heavy (non-hydrogen) atoms. The number of benzene rings is 1. The van der Waals surface area contributed by atoms with Gasteiger partial charge in [0.1, 0.15) is 5.75 Å². The number of hydrogen-bond acceptors (Lipinski definition) is 2. The molecule has 1 fully saturated rings. The second-order valence-electron chi connectivity index (χ2n) is 7.60. The van der Waals surface area contributed by atoms with Crippen LogP contribution in [0.25, 0.3) is 10.9 Å². The molecule has 0 spiro atoms. The molecule has 1 aromatic heterocycles. The molecule has 2 N–H and O–H groups in total. The molecule has 0 saturated heterocycles. The Hall–Kier alpha value is -2.38. The molecule has 2 aromatic rings. The van der Waals surface area contributed by atoms with E-state index < -0.39 is 18.2 Å². The number of amides is 2. The fourth-order valence-corrected chi connectivity index (χ4v) is 4.46. The molecule has 1 aliphatic carbocycles. The van der Waals surface area contributed by atoms with Crippen LogP contribution < -0.4 is 10.1 Å². The minimum absolute atomic E-state index is 0.0277. The summed E-state index contributed by atoms with van der Waals surface area (Å²) in [5, 5.41) is 3.55. The SMILES string of the molecule is COc1ccc2[nH]c3c(c2c1)CCN(C(=O)NC1CCCCC1)C3C(F)(F)F. The number of fused-ring (bicyclic) bond motifs is 3. The number of carbonyl (C=O) groups is 1. The number of H-pyrrole nitrogens is 1. The molecule has 152 valence electrons. The van der Waals surface area contributed by atoms with Gasteiger partial charge in [-0.3, -0.25) is 0 Å². The lowest BCUT2D eigenvalue weighted by molar-refractivity contribution is -0.181. The summed E-state index contributed by atoms with van der Waals surface area (Å²) in [6.45, 7) is 0.0277. The maximum Gasteiger partial charge on any atom is 0.414 e. The Morgan fingerprint density at radius 3 is 2.68 bits per heavy atom. The van der Waals surface area contributed by atoms with Crippen molar-refractivity contribution in [3.05, 3.63) is 29.5 Å². The molecular weight excluding hydrogens is 371 g/mol. The topological polar surface area (TPSA) is 57.4 Å². The molecule has 0 radical (unpaired) electrons. The number of aromatic amines is 1. The van der Waals surface area contributed by atoms with Gasteiger partial charge in [-0.1, -0.05) is 19.3 Å². The second-order valence-corrected chi connectivity index (χ2v) is 7.60. The van der Waals surface area contributed by atoms with Crippen molar-refractivity contribution in [2.24, 2.45) is 0 Å². The van der Waals surface area contributed by atoms with Crippen LogP contribution in [-0.4, -0.2) is 41.8 Å². The van der Waals surface area contributed by atoms with Crippen molar-refractivity contribution in [3.63, 3.8) is 0 Å². The van der Waals surface area contributed by atoms with E-state index in [1.54, 1.807) is 18.2 Å². The molecule has 2 heterocycles. The van der Waals surface area contributed by atoms with Gasteiger partial charge in [0.15, 0.2) is 6.04 Å². The van der Waals surface area contributed by atoms with Crippen LogP contribution in [0.4, 0.5) is 18.0 Å². The Morgan fingerprint density at radius 1 is 1.25 bits per heavy atom. The fourth-order valence-electron chi connectivity index (χ4n) is 4.46. The van der Waals surface area contributed by atoms with Gasteiger partial charge in [-0.15, -0.1) is 0 Å². The highest BCUT2D eigenvalue weighted by molar-refractivity contribution is 5.87. The minimum atomic E-state index is -4.57. The molecule has 2 aliphatic rings. The summed E-state index contributed by atoms with van der Waals surface area (Å²) in [5.41, 5.74) is 1.29. The number of ether oxygens (including phenoxy) is 1. The molecule has 1 saturated carbocycles. The number of nitrogens with one attached hydrogen (secondary N) is 2. The lowest BCUT2D eigenvalue weighted by atomic mass is 9.95. The number of halogens is 3. The smallest absolute Gasteiger partial charge is 0.414 e. The summed E-state index contributed by atoms with van der Waals surface area (Å²) in [6.07, 6.45) is 0.574. The third-order valence-corrected chi connectivity index (χ3v) is 5.84. The highest BCUT2D eigenvalue weighted by Gasteiger charge is 2.50. The van der Waals surface area contributed by atoms with Crippen molar-refractivity contribution in [1.82, 2.24) is 15.2 Å². The monoisotopic (exact) mass is 395 g/mol. The summed E-state index contributed by atoms with van der Waals surface area (Å²) < 4.78 is 47.3. The van der Waals surface area contributed by atoms with Crippen molar-refractivity contribution in [3.8, 4) is 5.75 Å². The quantitative estimate of drug-likeness (QED) is 0.776. The number of carbonyl (C=O) groups excluding carboxylic acids is 1. The van der Waals surface area contributed by atoms with Crippen LogP contribution in [-0.2, 0) is 6.42 Å². The average Bonchev–Trinajstić information content (AvgIpc) is 3.04. The van der Waals surface area contributed by atoms with E-state index in [1.165, 1.54) is 7.11 Å². The van der Waals surface area contributed by atoms with Crippen molar-refractivity contribution in [1.29, 1.82) is 0 Å². The third kappa shape index (κ3) is 3.40. The molecule has 8 heteroatoms. The lowest BCUT2D eigenvalue weighted by Crippen LogP contribution is -2.52. The Labute approximate surface area is 161 Å². The van der Waals surface area contributed by atoms with E-state index in [0.29, 0.717) is 23.3 Å². The first-order valence-corrected chi connectivity index (χ1v) is 9.71. The van der Waals surface area contributed by atoms with Crippen LogP contribution >= 0.6 is 0 Å². The summed E-state index contributed by atoms with van der Waals surface area (Å²) in [4.78, 5) is 16.6. The lowest BCUT2D eigenvalue weighted by Gasteiger charge is -2.38. The highest BCUT2D eigenvalue weighted by Crippen LogP contribution is 2.44. The largest absolute Gasteiger partial charge is 0.497 e. The van der Waals surface area contributed by atoms with Gasteiger partial charge in [-0.05, 0) is 43.0 Å². The van der Waals surface area contributed by atoms with Crippen LogP contribution in [0.3, 0.4) is 0 Å². The van der Waals surface area contributed by atoms with E-state index in [4.69, 9.17) is 4.74 Å². The molecule has 4 rings (SSSR count). The van der Waals surface area contributed by atoms with Gasteiger partial charge < -0.3 is 19.9 Å². The Morgan fingerprint density at radius 2 is 2.00 bits per heavy atom. The third-order valence-electron chi connectivity index (χ3n) is 5.84. The summed E-state index contributed by atoms with van der Waals surface area (Å²) in [5.74, 6) is 0.593. The van der Waals surface area contributed by atoms with Gasteiger partial charge in [0.25, 0.3) is 0 Å². The van der Waals surface area contributed by atoms with Crippen LogP contribution in [0.5, 0.6) is 5.75 Å². The van der Waals surface area contributed by atoms with Crippen molar-refractivity contribution < 1.29 is 22.7 Å².